The second kappa shape index (κ2) is 5.23. The van der Waals surface area contributed by atoms with Crippen LogP contribution in [-0.4, -0.2) is 25.3 Å². The van der Waals surface area contributed by atoms with Crippen molar-refractivity contribution in [3.05, 3.63) is 38.9 Å². The van der Waals surface area contributed by atoms with E-state index in [9.17, 15) is 0 Å². The summed E-state index contributed by atoms with van der Waals surface area (Å²) in [6.07, 6.45) is 1.80. The van der Waals surface area contributed by atoms with Crippen molar-refractivity contribution in [2.75, 3.05) is 14.1 Å². The molecular weight excluding hydrogens is 347 g/mol. The first-order valence-electron chi connectivity index (χ1n) is 5.17. The van der Waals surface area contributed by atoms with E-state index in [1.807, 2.05) is 49.3 Å². The van der Waals surface area contributed by atoms with Gasteiger partial charge in [-0.1, -0.05) is 35.9 Å². The highest BCUT2D eigenvalue weighted by Crippen LogP contribution is 2.35. The molecule has 0 unspecified atom stereocenters. The number of hydrogen-bond donors (Lipinski definition) is 0. The molecule has 0 bridgehead atoms. The van der Waals surface area contributed by atoms with Crippen LogP contribution in [0.25, 0.3) is 10.8 Å². The van der Waals surface area contributed by atoms with Crippen molar-refractivity contribution in [3.8, 4) is 0 Å². The van der Waals surface area contributed by atoms with Gasteiger partial charge in [-0.15, -0.1) is 0 Å². The molecule has 2 aromatic carbocycles. The van der Waals surface area contributed by atoms with E-state index in [1.165, 1.54) is 0 Å². The van der Waals surface area contributed by atoms with Gasteiger partial charge in [-0.05, 0) is 28.7 Å². The summed E-state index contributed by atoms with van der Waals surface area (Å²) in [6, 6.07) is 10.0. The molecule has 88 valence electrons. The minimum absolute atomic E-state index is 0.772. The number of hydrogen-bond acceptors (Lipinski definition) is 1. The predicted octanol–water partition coefficient (Wildman–Crippen LogP) is 4.32. The normalized spacial score (nSPS) is 11.3. The van der Waals surface area contributed by atoms with Crippen molar-refractivity contribution in [2.24, 2.45) is 4.99 Å². The first-order chi connectivity index (χ1) is 8.09. The number of halogens is 2. The molecule has 0 saturated carbocycles. The van der Waals surface area contributed by atoms with Gasteiger partial charge in [-0.3, -0.25) is 0 Å². The van der Waals surface area contributed by atoms with E-state index in [0.717, 1.165) is 25.1 Å². The fourth-order valence-corrected chi connectivity index (χ4v) is 2.79. The second-order valence-corrected chi connectivity index (χ2v) is 5.51. The molecule has 0 radical (unpaired) electrons. The van der Waals surface area contributed by atoms with Crippen LogP contribution in [0.2, 0.25) is 5.02 Å². The van der Waals surface area contributed by atoms with Gasteiger partial charge >= 0.3 is 0 Å². The second-order valence-electron chi connectivity index (χ2n) is 3.94. The Balaban J connectivity index is 2.69. The summed E-state index contributed by atoms with van der Waals surface area (Å²) in [7, 11) is 3.91. The van der Waals surface area contributed by atoms with Crippen molar-refractivity contribution in [1.82, 2.24) is 4.90 Å². The molecule has 0 saturated heterocycles. The summed E-state index contributed by atoms with van der Waals surface area (Å²) in [5, 5.41) is 2.90. The maximum Gasteiger partial charge on any atom is 0.0907 e. The molecule has 0 aliphatic rings. The Kier molecular flexibility index (Phi) is 3.89. The first kappa shape index (κ1) is 12.6. The lowest BCUT2D eigenvalue weighted by atomic mass is 10.1. The number of aliphatic imine (C=N–C) groups is 1. The molecule has 2 rings (SSSR count). The summed E-state index contributed by atoms with van der Waals surface area (Å²) in [5.74, 6) is 0. The number of benzene rings is 2. The van der Waals surface area contributed by atoms with Gasteiger partial charge in [-0.25, -0.2) is 4.99 Å². The molecule has 0 fully saturated rings. The van der Waals surface area contributed by atoms with E-state index < -0.39 is 0 Å². The zero-order valence-electron chi connectivity index (χ0n) is 9.61. The van der Waals surface area contributed by atoms with Crippen LogP contribution in [0.1, 0.15) is 0 Å². The van der Waals surface area contributed by atoms with Crippen LogP contribution >= 0.6 is 34.2 Å². The summed E-state index contributed by atoms with van der Waals surface area (Å²) >= 11 is 8.49. The molecule has 0 aliphatic heterocycles. The van der Waals surface area contributed by atoms with Crippen LogP contribution in [0.3, 0.4) is 0 Å². The van der Waals surface area contributed by atoms with Crippen LogP contribution in [0.4, 0.5) is 5.69 Å². The van der Waals surface area contributed by atoms with E-state index >= 15 is 0 Å². The van der Waals surface area contributed by atoms with Gasteiger partial charge in [0.1, 0.15) is 0 Å². The first-order valence-corrected chi connectivity index (χ1v) is 6.62. The highest BCUT2D eigenvalue weighted by Gasteiger charge is 2.07. The number of fused-ring (bicyclic) bond motifs is 1. The third-order valence-corrected chi connectivity index (χ3v) is 3.47. The smallest absolute Gasteiger partial charge is 0.0907 e. The highest BCUT2D eigenvalue weighted by molar-refractivity contribution is 14.1. The lowest BCUT2D eigenvalue weighted by Crippen LogP contribution is -2.07. The quantitative estimate of drug-likeness (QED) is 0.443. The molecule has 0 aliphatic carbocycles. The molecule has 0 spiro atoms. The van der Waals surface area contributed by atoms with Crippen LogP contribution in [0, 0.1) is 3.57 Å². The minimum Gasteiger partial charge on any atom is -0.369 e. The molecule has 2 nitrogen and oxygen atoms in total. The van der Waals surface area contributed by atoms with E-state index in [0.29, 0.717) is 0 Å². The Morgan fingerprint density at radius 2 is 1.88 bits per heavy atom. The van der Waals surface area contributed by atoms with Gasteiger partial charge in [0, 0.05) is 33.5 Å². The summed E-state index contributed by atoms with van der Waals surface area (Å²) in [4.78, 5) is 6.43. The van der Waals surface area contributed by atoms with Crippen molar-refractivity contribution in [3.63, 3.8) is 0 Å². The monoisotopic (exact) mass is 358 g/mol. The molecule has 4 heteroatoms. The Bertz CT molecular complexity index is 579. The van der Waals surface area contributed by atoms with Gasteiger partial charge in [0.2, 0.25) is 0 Å². The van der Waals surface area contributed by atoms with Gasteiger partial charge < -0.3 is 4.90 Å². The average Bonchev–Trinajstić information content (AvgIpc) is 2.28. The highest BCUT2D eigenvalue weighted by atomic mass is 127. The molecular formula is C13H12ClIN2. The lowest BCUT2D eigenvalue weighted by molar-refractivity contribution is 0.643. The van der Waals surface area contributed by atoms with E-state index in [4.69, 9.17) is 11.6 Å². The van der Waals surface area contributed by atoms with Gasteiger partial charge in [0.25, 0.3) is 0 Å². The molecule has 2 aromatic rings. The topological polar surface area (TPSA) is 15.6 Å². The Hall–Kier alpha value is -0.810. The van der Waals surface area contributed by atoms with Gasteiger partial charge in [0.05, 0.1) is 12.0 Å². The number of rotatable bonds is 2. The van der Waals surface area contributed by atoms with Crippen LogP contribution in [-0.2, 0) is 0 Å². The van der Waals surface area contributed by atoms with E-state index in [1.54, 1.807) is 6.34 Å². The zero-order chi connectivity index (χ0) is 12.4. The SMILES string of the molecule is CN(C)/C=N/c1c(I)cc(Cl)c2ccccc12. The summed E-state index contributed by atoms with van der Waals surface area (Å²) < 4.78 is 1.06. The third-order valence-electron chi connectivity index (χ3n) is 2.34. The Labute approximate surface area is 119 Å². The fourth-order valence-electron chi connectivity index (χ4n) is 1.59. The van der Waals surface area contributed by atoms with Crippen molar-refractivity contribution in [1.29, 1.82) is 0 Å². The van der Waals surface area contributed by atoms with Crippen molar-refractivity contribution >= 4 is 57.0 Å². The molecule has 0 heterocycles. The van der Waals surface area contributed by atoms with Crippen LogP contribution in [0.15, 0.2) is 35.3 Å². The van der Waals surface area contributed by atoms with Crippen molar-refractivity contribution in [2.45, 2.75) is 0 Å². The standard InChI is InChI=1S/C13H12ClIN2/c1-17(2)8-16-13-10-6-4-3-5-9(10)11(14)7-12(13)15/h3-8H,1-2H3/b16-8+. The largest absolute Gasteiger partial charge is 0.369 e. The van der Waals surface area contributed by atoms with Gasteiger partial charge in [-0.2, -0.15) is 0 Å². The van der Waals surface area contributed by atoms with E-state index in [2.05, 4.69) is 27.6 Å². The zero-order valence-corrected chi connectivity index (χ0v) is 12.5. The van der Waals surface area contributed by atoms with Gasteiger partial charge in [0.15, 0.2) is 0 Å². The molecule has 0 atom stereocenters. The Morgan fingerprint density at radius 3 is 2.53 bits per heavy atom. The summed E-state index contributed by atoms with van der Waals surface area (Å²) in [6.45, 7) is 0. The molecule has 0 N–H and O–H groups in total. The summed E-state index contributed by atoms with van der Waals surface area (Å²) in [5.41, 5.74) is 0.972. The maximum absolute atomic E-state index is 6.23. The van der Waals surface area contributed by atoms with Crippen LogP contribution in [0.5, 0.6) is 0 Å². The minimum atomic E-state index is 0.772. The fraction of sp³-hybridized carbons (Fsp3) is 0.154. The average molecular weight is 359 g/mol. The van der Waals surface area contributed by atoms with Crippen molar-refractivity contribution < 1.29 is 0 Å². The van der Waals surface area contributed by atoms with E-state index in [-0.39, 0.29) is 0 Å². The Morgan fingerprint density at radius 1 is 1.24 bits per heavy atom. The molecule has 0 amide bonds. The van der Waals surface area contributed by atoms with Crippen LogP contribution < -0.4 is 0 Å². The lowest BCUT2D eigenvalue weighted by Gasteiger charge is -2.08. The third kappa shape index (κ3) is 2.72. The molecule has 0 aromatic heterocycles. The predicted molar refractivity (Wildman–Crippen MR) is 83.5 cm³/mol. The maximum atomic E-state index is 6.23. The number of nitrogens with zero attached hydrogens (tertiary/aromatic N) is 2. The molecule has 17 heavy (non-hydrogen) atoms.